The van der Waals surface area contributed by atoms with Crippen molar-refractivity contribution >= 4 is 0 Å². The molecule has 24 heavy (non-hydrogen) atoms. The van der Waals surface area contributed by atoms with E-state index in [1.165, 1.54) is 32.1 Å². The molecule has 0 aromatic carbocycles. The maximum atomic E-state index is 2.71. The molecule has 4 rings (SSSR count). The van der Waals surface area contributed by atoms with Gasteiger partial charge >= 0.3 is 0 Å². The van der Waals surface area contributed by atoms with Crippen LogP contribution in [0.1, 0.15) is 105 Å². The lowest BCUT2D eigenvalue weighted by molar-refractivity contribution is -0.0845. The Bertz CT molecular complexity index is 429. The molecule has 4 saturated carbocycles. The van der Waals surface area contributed by atoms with Gasteiger partial charge in [-0.1, -0.05) is 59.8 Å². The van der Waals surface area contributed by atoms with Gasteiger partial charge in [-0.05, 0) is 91.3 Å². The van der Waals surface area contributed by atoms with Gasteiger partial charge in [0.2, 0.25) is 0 Å². The van der Waals surface area contributed by atoms with Crippen molar-refractivity contribution in [1.29, 1.82) is 0 Å². The number of rotatable bonds is 2. The van der Waals surface area contributed by atoms with E-state index in [1.807, 2.05) is 0 Å². The molecule has 0 aliphatic heterocycles. The van der Waals surface area contributed by atoms with Crippen molar-refractivity contribution in [3.05, 3.63) is 0 Å². The van der Waals surface area contributed by atoms with Gasteiger partial charge in [-0.3, -0.25) is 0 Å². The predicted molar refractivity (Wildman–Crippen MR) is 104 cm³/mol. The monoisotopic (exact) mass is 330 g/mol. The molecule has 4 fully saturated rings. The van der Waals surface area contributed by atoms with Gasteiger partial charge in [0.05, 0.1) is 0 Å². The normalized spacial score (nSPS) is 43.2. The van der Waals surface area contributed by atoms with E-state index in [1.54, 1.807) is 44.9 Å². The summed E-state index contributed by atoms with van der Waals surface area (Å²) in [7, 11) is 0. The van der Waals surface area contributed by atoms with Gasteiger partial charge in [-0.25, -0.2) is 0 Å². The standard InChI is InChI=1S/C24H42/c1-17(24(23(2,3)4)15-6-5-7-16-24)20-14-13-19-12-11-18-9-8-10-21(20)22(18)19/h17-22H,5-16H2,1-4H3. The zero-order chi connectivity index (χ0) is 16.9. The maximum absolute atomic E-state index is 2.71. The highest BCUT2D eigenvalue weighted by atomic mass is 14.6. The second-order valence-corrected chi connectivity index (χ2v) is 11.3. The Morgan fingerprint density at radius 2 is 1.38 bits per heavy atom. The van der Waals surface area contributed by atoms with Gasteiger partial charge < -0.3 is 0 Å². The maximum Gasteiger partial charge on any atom is -0.0220 e. The molecule has 0 heteroatoms. The van der Waals surface area contributed by atoms with Crippen LogP contribution in [0.3, 0.4) is 0 Å². The molecule has 6 atom stereocenters. The molecule has 0 N–H and O–H groups in total. The lowest BCUT2D eigenvalue weighted by Gasteiger charge is -2.58. The fourth-order valence-electron chi connectivity index (χ4n) is 8.60. The number of hydrogen-bond acceptors (Lipinski definition) is 0. The summed E-state index contributed by atoms with van der Waals surface area (Å²) in [5.41, 5.74) is 1.10. The smallest absolute Gasteiger partial charge is 0.0220 e. The third-order valence-corrected chi connectivity index (χ3v) is 9.78. The van der Waals surface area contributed by atoms with E-state index in [0.29, 0.717) is 10.8 Å². The highest BCUT2D eigenvalue weighted by molar-refractivity contribution is 5.04. The molecular formula is C24H42. The lowest BCUT2D eigenvalue weighted by Crippen LogP contribution is -2.50. The largest absolute Gasteiger partial charge is 0.0617 e. The summed E-state index contributed by atoms with van der Waals surface area (Å²) in [6.45, 7) is 10.4. The van der Waals surface area contributed by atoms with Crippen LogP contribution < -0.4 is 0 Å². The minimum atomic E-state index is 0.480. The minimum absolute atomic E-state index is 0.480. The molecule has 0 saturated heterocycles. The molecule has 0 spiro atoms. The van der Waals surface area contributed by atoms with Crippen LogP contribution in [0.25, 0.3) is 0 Å². The molecule has 0 radical (unpaired) electrons. The van der Waals surface area contributed by atoms with Crippen LogP contribution >= 0.6 is 0 Å². The third kappa shape index (κ3) is 2.61. The molecule has 138 valence electrons. The Labute approximate surface area is 151 Å². The van der Waals surface area contributed by atoms with Crippen LogP contribution in [0.2, 0.25) is 0 Å². The van der Waals surface area contributed by atoms with E-state index in [-0.39, 0.29) is 0 Å². The predicted octanol–water partition coefficient (Wildman–Crippen LogP) is 7.47. The molecule has 0 aromatic heterocycles. The highest BCUT2D eigenvalue weighted by Crippen LogP contribution is 2.63. The zero-order valence-corrected chi connectivity index (χ0v) is 16.9. The van der Waals surface area contributed by atoms with E-state index < -0.39 is 0 Å². The van der Waals surface area contributed by atoms with Crippen molar-refractivity contribution in [3.63, 3.8) is 0 Å². The first kappa shape index (κ1) is 17.4. The molecule has 0 amide bonds. The molecular weight excluding hydrogens is 288 g/mol. The van der Waals surface area contributed by atoms with Gasteiger partial charge in [0.25, 0.3) is 0 Å². The first-order valence-corrected chi connectivity index (χ1v) is 11.4. The summed E-state index contributed by atoms with van der Waals surface area (Å²) < 4.78 is 0. The van der Waals surface area contributed by atoms with Crippen LogP contribution in [0.4, 0.5) is 0 Å². The summed E-state index contributed by atoms with van der Waals surface area (Å²) in [4.78, 5) is 0. The minimum Gasteiger partial charge on any atom is -0.0617 e. The lowest BCUT2D eigenvalue weighted by atomic mass is 9.47. The molecule has 0 heterocycles. The van der Waals surface area contributed by atoms with E-state index in [4.69, 9.17) is 0 Å². The van der Waals surface area contributed by atoms with E-state index in [0.717, 1.165) is 35.5 Å². The topological polar surface area (TPSA) is 0 Å². The fraction of sp³-hybridized carbons (Fsp3) is 1.00. The zero-order valence-electron chi connectivity index (χ0n) is 16.9. The SMILES string of the molecule is CC(C1CCC2CCC3CCCC1C32)C1(C(C)(C)C)CCCCC1. The van der Waals surface area contributed by atoms with Crippen molar-refractivity contribution in [2.45, 2.75) is 105 Å². The van der Waals surface area contributed by atoms with Crippen LogP contribution in [0.15, 0.2) is 0 Å². The Kier molecular flexibility index (Phi) is 4.58. The van der Waals surface area contributed by atoms with Crippen molar-refractivity contribution in [2.24, 2.45) is 46.3 Å². The van der Waals surface area contributed by atoms with Crippen molar-refractivity contribution in [3.8, 4) is 0 Å². The fourth-order valence-corrected chi connectivity index (χ4v) is 8.60. The van der Waals surface area contributed by atoms with E-state index in [9.17, 15) is 0 Å². The van der Waals surface area contributed by atoms with Gasteiger partial charge in [0, 0.05) is 0 Å². The van der Waals surface area contributed by atoms with E-state index >= 15 is 0 Å². The van der Waals surface area contributed by atoms with Crippen LogP contribution in [-0.4, -0.2) is 0 Å². The van der Waals surface area contributed by atoms with Crippen LogP contribution in [-0.2, 0) is 0 Å². The summed E-state index contributed by atoms with van der Waals surface area (Å²) in [6, 6.07) is 0. The molecule has 0 bridgehead atoms. The van der Waals surface area contributed by atoms with Crippen molar-refractivity contribution in [1.82, 2.24) is 0 Å². The Balaban J connectivity index is 1.61. The van der Waals surface area contributed by atoms with Gasteiger partial charge in [-0.2, -0.15) is 0 Å². The van der Waals surface area contributed by atoms with Gasteiger partial charge in [0.1, 0.15) is 0 Å². The van der Waals surface area contributed by atoms with Crippen LogP contribution in [0, 0.1) is 46.3 Å². The second kappa shape index (κ2) is 6.31. The van der Waals surface area contributed by atoms with E-state index in [2.05, 4.69) is 27.7 Å². The summed E-state index contributed by atoms with van der Waals surface area (Å²) in [5, 5.41) is 0. The average Bonchev–Trinajstić information content (AvgIpc) is 2.99. The Hall–Kier alpha value is 0. The summed E-state index contributed by atoms with van der Waals surface area (Å²) in [5.74, 6) is 6.48. The van der Waals surface area contributed by atoms with Crippen LogP contribution in [0.5, 0.6) is 0 Å². The molecule has 0 nitrogen and oxygen atoms in total. The second-order valence-electron chi connectivity index (χ2n) is 11.3. The van der Waals surface area contributed by atoms with Crippen molar-refractivity contribution in [2.75, 3.05) is 0 Å². The van der Waals surface area contributed by atoms with Gasteiger partial charge in [0.15, 0.2) is 0 Å². The highest BCUT2D eigenvalue weighted by Gasteiger charge is 2.54. The Morgan fingerprint density at radius 3 is 2.04 bits per heavy atom. The molecule has 0 aromatic rings. The Morgan fingerprint density at radius 1 is 0.750 bits per heavy atom. The third-order valence-electron chi connectivity index (χ3n) is 9.78. The van der Waals surface area contributed by atoms with Gasteiger partial charge in [-0.15, -0.1) is 0 Å². The summed E-state index contributed by atoms with van der Waals surface area (Å²) in [6.07, 6.45) is 18.5. The number of hydrogen-bond donors (Lipinski definition) is 0. The molecule has 4 aliphatic carbocycles. The molecule has 6 unspecified atom stereocenters. The quantitative estimate of drug-likeness (QED) is 0.492. The van der Waals surface area contributed by atoms with Crippen molar-refractivity contribution < 1.29 is 0 Å². The average molecular weight is 331 g/mol. The first-order chi connectivity index (χ1) is 11.4. The molecule has 4 aliphatic rings. The summed E-state index contributed by atoms with van der Waals surface area (Å²) >= 11 is 0. The first-order valence-electron chi connectivity index (χ1n) is 11.4.